The van der Waals surface area contributed by atoms with Crippen LogP contribution in [-0.4, -0.2) is 47.9 Å². The molecule has 3 nitrogen and oxygen atoms in total. The molecule has 0 N–H and O–H groups in total. The van der Waals surface area contributed by atoms with Gasteiger partial charge in [0.25, 0.3) is 0 Å². The molecular formula is C13H17BrF3N3. The predicted octanol–water partition coefficient (Wildman–Crippen LogP) is 3.01. The second kappa shape index (κ2) is 6.76. The summed E-state index contributed by atoms with van der Waals surface area (Å²) < 4.78 is 38.2. The molecule has 2 heterocycles. The summed E-state index contributed by atoms with van der Waals surface area (Å²) in [5.41, 5.74) is -0.635. The Labute approximate surface area is 124 Å². The third-order valence-corrected chi connectivity index (χ3v) is 3.74. The van der Waals surface area contributed by atoms with Crippen LogP contribution in [0.1, 0.15) is 12.0 Å². The molecular weight excluding hydrogens is 335 g/mol. The van der Waals surface area contributed by atoms with Crippen LogP contribution in [0.5, 0.6) is 0 Å². The highest BCUT2D eigenvalue weighted by atomic mass is 79.9. The second-order valence-corrected chi connectivity index (χ2v) is 5.56. The standard InChI is InChI=1S/C13H17BrF3N3/c14-3-7-19-5-1-6-20(9-8-19)12-10-11(2-4-18-12)13(15,16)17/h2,4,10H,1,3,5-9H2. The summed E-state index contributed by atoms with van der Waals surface area (Å²) in [5, 5.41) is 0.912. The molecule has 0 amide bonds. The van der Waals surface area contributed by atoms with E-state index in [2.05, 4.69) is 25.8 Å². The number of aromatic nitrogens is 1. The fraction of sp³-hybridized carbons (Fsp3) is 0.615. The number of halogens is 4. The molecule has 0 aliphatic carbocycles. The summed E-state index contributed by atoms with van der Waals surface area (Å²) in [6.07, 6.45) is -2.14. The zero-order chi connectivity index (χ0) is 14.6. The lowest BCUT2D eigenvalue weighted by molar-refractivity contribution is -0.137. The molecule has 1 aliphatic rings. The number of hydrogen-bond acceptors (Lipinski definition) is 3. The van der Waals surface area contributed by atoms with Crippen molar-refractivity contribution in [3.8, 4) is 0 Å². The highest BCUT2D eigenvalue weighted by Crippen LogP contribution is 2.30. The Morgan fingerprint density at radius 3 is 2.70 bits per heavy atom. The van der Waals surface area contributed by atoms with Gasteiger partial charge in [0.05, 0.1) is 5.56 Å². The maximum absolute atomic E-state index is 12.7. The normalized spacial score (nSPS) is 18.1. The van der Waals surface area contributed by atoms with Crippen molar-refractivity contribution in [2.75, 3.05) is 43.0 Å². The third kappa shape index (κ3) is 4.09. The molecule has 1 fully saturated rings. The molecule has 1 aliphatic heterocycles. The first-order chi connectivity index (χ1) is 9.50. The maximum atomic E-state index is 12.7. The number of nitrogens with zero attached hydrogens (tertiary/aromatic N) is 3. The largest absolute Gasteiger partial charge is 0.416 e. The summed E-state index contributed by atoms with van der Waals surface area (Å²) in [6, 6.07) is 2.15. The Morgan fingerprint density at radius 1 is 1.20 bits per heavy atom. The van der Waals surface area contributed by atoms with Gasteiger partial charge >= 0.3 is 6.18 Å². The Morgan fingerprint density at radius 2 is 2.00 bits per heavy atom. The van der Waals surface area contributed by atoms with E-state index in [1.807, 2.05) is 4.90 Å². The van der Waals surface area contributed by atoms with Gasteiger partial charge in [-0.15, -0.1) is 0 Å². The lowest BCUT2D eigenvalue weighted by atomic mass is 10.2. The van der Waals surface area contributed by atoms with Gasteiger partial charge < -0.3 is 9.80 Å². The van der Waals surface area contributed by atoms with E-state index in [1.54, 1.807) is 0 Å². The zero-order valence-corrected chi connectivity index (χ0v) is 12.6. The molecule has 2 rings (SSSR count). The maximum Gasteiger partial charge on any atom is 0.416 e. The number of hydrogen-bond donors (Lipinski definition) is 0. The van der Waals surface area contributed by atoms with Gasteiger partial charge in [-0.3, -0.25) is 0 Å². The van der Waals surface area contributed by atoms with Crippen molar-refractivity contribution >= 4 is 21.7 Å². The first-order valence-corrected chi connectivity index (χ1v) is 7.69. The Hall–Kier alpha value is -0.820. The summed E-state index contributed by atoms with van der Waals surface area (Å²) in [7, 11) is 0. The lowest BCUT2D eigenvalue weighted by Crippen LogP contribution is -2.32. The summed E-state index contributed by atoms with van der Waals surface area (Å²) in [4.78, 5) is 8.33. The molecule has 0 radical (unpaired) electrons. The third-order valence-electron chi connectivity index (χ3n) is 3.39. The predicted molar refractivity (Wildman–Crippen MR) is 76.3 cm³/mol. The average molecular weight is 352 g/mol. The minimum atomic E-state index is -4.31. The second-order valence-electron chi connectivity index (χ2n) is 4.77. The van der Waals surface area contributed by atoms with E-state index in [0.717, 1.165) is 50.1 Å². The minimum Gasteiger partial charge on any atom is -0.355 e. The molecule has 0 atom stereocenters. The fourth-order valence-corrected chi connectivity index (χ4v) is 2.81. The first-order valence-electron chi connectivity index (χ1n) is 6.57. The monoisotopic (exact) mass is 351 g/mol. The van der Waals surface area contributed by atoms with Crippen molar-refractivity contribution in [1.29, 1.82) is 0 Å². The van der Waals surface area contributed by atoms with Crippen molar-refractivity contribution in [2.24, 2.45) is 0 Å². The Balaban J connectivity index is 2.08. The molecule has 0 unspecified atom stereocenters. The highest BCUT2D eigenvalue weighted by molar-refractivity contribution is 9.09. The van der Waals surface area contributed by atoms with Crippen molar-refractivity contribution in [3.05, 3.63) is 23.9 Å². The van der Waals surface area contributed by atoms with E-state index in [-0.39, 0.29) is 0 Å². The molecule has 0 aromatic carbocycles. The van der Waals surface area contributed by atoms with Crippen LogP contribution >= 0.6 is 15.9 Å². The SMILES string of the molecule is FC(F)(F)c1ccnc(N2CCCN(CCBr)CC2)c1. The molecule has 1 aromatic rings. The summed E-state index contributed by atoms with van der Waals surface area (Å²) in [6.45, 7) is 4.24. The van der Waals surface area contributed by atoms with Gasteiger partial charge in [-0.1, -0.05) is 15.9 Å². The van der Waals surface area contributed by atoms with E-state index >= 15 is 0 Å². The van der Waals surface area contributed by atoms with E-state index in [1.165, 1.54) is 6.20 Å². The number of anilines is 1. The van der Waals surface area contributed by atoms with E-state index in [4.69, 9.17) is 0 Å². The number of alkyl halides is 4. The van der Waals surface area contributed by atoms with Crippen molar-refractivity contribution < 1.29 is 13.2 Å². The smallest absolute Gasteiger partial charge is 0.355 e. The molecule has 1 aromatic heterocycles. The van der Waals surface area contributed by atoms with Crippen molar-refractivity contribution in [2.45, 2.75) is 12.6 Å². The van der Waals surface area contributed by atoms with E-state index in [0.29, 0.717) is 12.4 Å². The van der Waals surface area contributed by atoms with Crippen LogP contribution in [-0.2, 0) is 6.18 Å². The number of rotatable bonds is 3. The molecule has 0 bridgehead atoms. The van der Waals surface area contributed by atoms with Crippen LogP contribution < -0.4 is 4.90 Å². The van der Waals surface area contributed by atoms with Gasteiger partial charge in [0.15, 0.2) is 0 Å². The van der Waals surface area contributed by atoms with Crippen molar-refractivity contribution in [3.63, 3.8) is 0 Å². The quantitative estimate of drug-likeness (QED) is 0.780. The van der Waals surface area contributed by atoms with Gasteiger partial charge in [-0.25, -0.2) is 4.98 Å². The molecule has 0 spiro atoms. The van der Waals surface area contributed by atoms with Crippen molar-refractivity contribution in [1.82, 2.24) is 9.88 Å². The first kappa shape index (κ1) is 15.6. The molecule has 20 heavy (non-hydrogen) atoms. The fourth-order valence-electron chi connectivity index (χ4n) is 2.31. The van der Waals surface area contributed by atoms with Crippen LogP contribution in [0.3, 0.4) is 0 Å². The van der Waals surface area contributed by atoms with Crippen LogP contribution in [0.2, 0.25) is 0 Å². The lowest BCUT2D eigenvalue weighted by Gasteiger charge is -2.23. The summed E-state index contributed by atoms with van der Waals surface area (Å²) >= 11 is 3.41. The van der Waals surface area contributed by atoms with Gasteiger partial charge in [0, 0.05) is 37.7 Å². The molecule has 112 valence electrons. The Bertz CT molecular complexity index is 439. The minimum absolute atomic E-state index is 0.417. The number of pyridine rings is 1. The van der Waals surface area contributed by atoms with E-state index in [9.17, 15) is 13.2 Å². The van der Waals surface area contributed by atoms with E-state index < -0.39 is 11.7 Å². The molecule has 7 heteroatoms. The Kier molecular flexibility index (Phi) is 5.26. The van der Waals surface area contributed by atoms with Gasteiger partial charge in [-0.2, -0.15) is 13.2 Å². The molecule has 0 saturated carbocycles. The van der Waals surface area contributed by atoms with Crippen LogP contribution in [0.25, 0.3) is 0 Å². The average Bonchev–Trinajstić information content (AvgIpc) is 2.64. The van der Waals surface area contributed by atoms with Crippen LogP contribution in [0, 0.1) is 0 Å². The highest BCUT2D eigenvalue weighted by Gasteiger charge is 2.31. The molecule has 1 saturated heterocycles. The van der Waals surface area contributed by atoms with Crippen LogP contribution in [0.4, 0.5) is 19.0 Å². The topological polar surface area (TPSA) is 19.4 Å². The zero-order valence-electron chi connectivity index (χ0n) is 11.0. The van der Waals surface area contributed by atoms with Gasteiger partial charge in [-0.05, 0) is 25.1 Å². The van der Waals surface area contributed by atoms with Crippen LogP contribution in [0.15, 0.2) is 18.3 Å². The summed E-state index contributed by atoms with van der Waals surface area (Å²) in [5.74, 6) is 0.417. The van der Waals surface area contributed by atoms with Gasteiger partial charge in [0.1, 0.15) is 5.82 Å². The van der Waals surface area contributed by atoms with Gasteiger partial charge in [0.2, 0.25) is 0 Å².